The molecule has 1 aromatic carbocycles. The van der Waals surface area contributed by atoms with Gasteiger partial charge in [0.2, 0.25) is 0 Å². The summed E-state index contributed by atoms with van der Waals surface area (Å²) in [7, 11) is 0. The highest BCUT2D eigenvalue weighted by atomic mass is 79.9. The molecule has 110 valence electrons. The SMILES string of the molecule is CC[C@H](c1ccc(Cl)c(Br)c1)N1CCNCC1.Cl.Cl. The summed E-state index contributed by atoms with van der Waals surface area (Å²) in [6.45, 7) is 6.67. The number of benzene rings is 1. The molecule has 1 aliphatic rings. The van der Waals surface area contributed by atoms with Gasteiger partial charge in [-0.2, -0.15) is 0 Å². The first kappa shape index (κ1) is 19.5. The Balaban J connectivity index is 0.00000162. The van der Waals surface area contributed by atoms with Crippen molar-refractivity contribution in [1.29, 1.82) is 0 Å². The van der Waals surface area contributed by atoms with E-state index in [0.717, 1.165) is 42.1 Å². The Labute approximate surface area is 141 Å². The van der Waals surface area contributed by atoms with Gasteiger partial charge in [-0.15, -0.1) is 24.8 Å². The van der Waals surface area contributed by atoms with E-state index in [-0.39, 0.29) is 24.8 Å². The Morgan fingerprint density at radius 1 is 1.32 bits per heavy atom. The van der Waals surface area contributed by atoms with E-state index < -0.39 is 0 Å². The van der Waals surface area contributed by atoms with Crippen molar-refractivity contribution in [2.24, 2.45) is 0 Å². The molecule has 0 unspecified atom stereocenters. The second-order valence-corrected chi connectivity index (χ2v) is 5.65. The van der Waals surface area contributed by atoms with E-state index in [1.807, 2.05) is 6.07 Å². The van der Waals surface area contributed by atoms with Crippen molar-refractivity contribution in [2.45, 2.75) is 19.4 Å². The van der Waals surface area contributed by atoms with Gasteiger partial charge in [-0.25, -0.2) is 0 Å². The van der Waals surface area contributed by atoms with Crippen LogP contribution in [0.2, 0.25) is 5.02 Å². The maximum atomic E-state index is 6.04. The van der Waals surface area contributed by atoms with Crippen molar-refractivity contribution in [3.63, 3.8) is 0 Å². The fourth-order valence-corrected chi connectivity index (χ4v) is 2.93. The molecule has 0 amide bonds. The summed E-state index contributed by atoms with van der Waals surface area (Å²) in [6, 6.07) is 6.78. The van der Waals surface area contributed by atoms with Crippen LogP contribution in [0, 0.1) is 0 Å². The first-order valence-electron chi connectivity index (χ1n) is 6.12. The van der Waals surface area contributed by atoms with Crippen LogP contribution in [-0.4, -0.2) is 31.1 Å². The van der Waals surface area contributed by atoms with Gasteiger partial charge in [0.1, 0.15) is 0 Å². The molecule has 19 heavy (non-hydrogen) atoms. The third-order valence-corrected chi connectivity index (χ3v) is 4.52. The van der Waals surface area contributed by atoms with Crippen LogP contribution in [0.1, 0.15) is 24.9 Å². The minimum absolute atomic E-state index is 0. The summed E-state index contributed by atoms with van der Waals surface area (Å²) in [6.07, 6.45) is 1.13. The quantitative estimate of drug-likeness (QED) is 0.828. The molecule has 1 N–H and O–H groups in total. The standard InChI is InChI=1S/C13H18BrClN2.2ClH/c1-2-13(17-7-5-16-6-8-17)10-3-4-12(15)11(14)9-10;;/h3-4,9,13,16H,2,5-8H2,1H3;2*1H/t13-;;/m1../s1. The lowest BCUT2D eigenvalue weighted by Crippen LogP contribution is -2.45. The Morgan fingerprint density at radius 2 is 1.95 bits per heavy atom. The topological polar surface area (TPSA) is 15.3 Å². The molecule has 1 saturated heterocycles. The molecule has 2 rings (SSSR count). The van der Waals surface area contributed by atoms with Gasteiger partial charge < -0.3 is 5.32 Å². The maximum absolute atomic E-state index is 6.04. The molecule has 1 aromatic rings. The van der Waals surface area contributed by atoms with Gasteiger partial charge >= 0.3 is 0 Å². The largest absolute Gasteiger partial charge is 0.314 e. The van der Waals surface area contributed by atoms with Crippen molar-refractivity contribution in [3.8, 4) is 0 Å². The summed E-state index contributed by atoms with van der Waals surface area (Å²) in [4.78, 5) is 2.55. The highest BCUT2D eigenvalue weighted by Gasteiger charge is 2.20. The average Bonchev–Trinajstić information content (AvgIpc) is 2.36. The van der Waals surface area contributed by atoms with E-state index in [9.17, 15) is 0 Å². The highest BCUT2D eigenvalue weighted by Crippen LogP contribution is 2.30. The molecule has 0 radical (unpaired) electrons. The number of hydrogen-bond donors (Lipinski definition) is 1. The van der Waals surface area contributed by atoms with Crippen LogP contribution in [0.25, 0.3) is 0 Å². The Hall–Kier alpha value is 0.490. The summed E-state index contributed by atoms with van der Waals surface area (Å²) in [5.41, 5.74) is 1.35. The van der Waals surface area contributed by atoms with Gasteiger partial charge in [-0.05, 0) is 40.0 Å². The number of piperazine rings is 1. The lowest BCUT2D eigenvalue weighted by Gasteiger charge is -2.34. The first-order valence-corrected chi connectivity index (χ1v) is 7.29. The maximum Gasteiger partial charge on any atom is 0.0548 e. The van der Waals surface area contributed by atoms with Crippen LogP contribution in [-0.2, 0) is 0 Å². The van der Waals surface area contributed by atoms with E-state index in [1.165, 1.54) is 5.56 Å². The number of nitrogens with one attached hydrogen (secondary N) is 1. The smallest absolute Gasteiger partial charge is 0.0548 e. The minimum atomic E-state index is 0. The van der Waals surface area contributed by atoms with Crippen LogP contribution in [0.5, 0.6) is 0 Å². The monoisotopic (exact) mass is 388 g/mol. The highest BCUT2D eigenvalue weighted by molar-refractivity contribution is 9.10. The predicted octanol–water partition coefficient (Wildman–Crippen LogP) is 4.30. The van der Waals surface area contributed by atoms with Gasteiger partial charge in [0, 0.05) is 36.7 Å². The number of hydrogen-bond acceptors (Lipinski definition) is 2. The van der Waals surface area contributed by atoms with E-state index in [1.54, 1.807) is 0 Å². The fourth-order valence-electron chi connectivity index (χ4n) is 2.42. The zero-order valence-electron chi connectivity index (χ0n) is 10.9. The van der Waals surface area contributed by atoms with Crippen molar-refractivity contribution >= 4 is 52.3 Å². The number of rotatable bonds is 3. The third kappa shape index (κ3) is 5.07. The van der Waals surface area contributed by atoms with E-state index in [0.29, 0.717) is 6.04 Å². The molecule has 0 bridgehead atoms. The summed E-state index contributed by atoms with van der Waals surface area (Å²) < 4.78 is 0.991. The van der Waals surface area contributed by atoms with Crippen molar-refractivity contribution in [2.75, 3.05) is 26.2 Å². The first-order chi connectivity index (χ1) is 8.22. The zero-order chi connectivity index (χ0) is 12.3. The van der Waals surface area contributed by atoms with Gasteiger partial charge in [-0.1, -0.05) is 24.6 Å². The Kier molecular flexibility index (Phi) is 9.67. The van der Waals surface area contributed by atoms with E-state index >= 15 is 0 Å². The van der Waals surface area contributed by atoms with Crippen LogP contribution in [0.4, 0.5) is 0 Å². The minimum Gasteiger partial charge on any atom is -0.314 e. The summed E-state index contributed by atoms with van der Waals surface area (Å²) in [5.74, 6) is 0. The molecule has 0 spiro atoms. The number of nitrogens with zero attached hydrogens (tertiary/aromatic N) is 1. The molecule has 1 fully saturated rings. The fraction of sp³-hybridized carbons (Fsp3) is 0.538. The van der Waals surface area contributed by atoms with E-state index in [2.05, 4.69) is 45.2 Å². The summed E-state index contributed by atoms with van der Waals surface area (Å²) in [5, 5.41) is 4.18. The van der Waals surface area contributed by atoms with Crippen molar-refractivity contribution in [1.82, 2.24) is 10.2 Å². The molecule has 0 saturated carbocycles. The molecule has 0 aromatic heterocycles. The third-order valence-electron chi connectivity index (χ3n) is 3.31. The zero-order valence-corrected chi connectivity index (χ0v) is 14.8. The Bertz CT molecular complexity index is 384. The lowest BCUT2D eigenvalue weighted by atomic mass is 10.0. The molecule has 6 heteroatoms. The molecule has 0 aliphatic carbocycles. The second kappa shape index (κ2) is 9.43. The predicted molar refractivity (Wildman–Crippen MR) is 91.1 cm³/mol. The van der Waals surface area contributed by atoms with Gasteiger partial charge in [0.05, 0.1) is 5.02 Å². The molecular formula is C13H20BrCl3N2. The van der Waals surface area contributed by atoms with Gasteiger partial charge in [0.15, 0.2) is 0 Å². The molecule has 2 nitrogen and oxygen atoms in total. The van der Waals surface area contributed by atoms with E-state index in [4.69, 9.17) is 11.6 Å². The summed E-state index contributed by atoms with van der Waals surface area (Å²) >= 11 is 9.55. The molecule has 1 aliphatic heterocycles. The van der Waals surface area contributed by atoms with Crippen LogP contribution in [0.15, 0.2) is 22.7 Å². The van der Waals surface area contributed by atoms with Crippen LogP contribution < -0.4 is 5.32 Å². The van der Waals surface area contributed by atoms with Crippen LogP contribution >= 0.6 is 52.3 Å². The van der Waals surface area contributed by atoms with Gasteiger partial charge in [-0.3, -0.25) is 4.90 Å². The van der Waals surface area contributed by atoms with Crippen molar-refractivity contribution < 1.29 is 0 Å². The lowest BCUT2D eigenvalue weighted by molar-refractivity contribution is 0.169. The molecule has 1 atom stereocenters. The van der Waals surface area contributed by atoms with Crippen molar-refractivity contribution in [3.05, 3.63) is 33.3 Å². The van der Waals surface area contributed by atoms with Crippen LogP contribution in [0.3, 0.4) is 0 Å². The van der Waals surface area contributed by atoms with Gasteiger partial charge in [0.25, 0.3) is 0 Å². The Morgan fingerprint density at radius 3 is 2.47 bits per heavy atom. The molecule has 1 heterocycles. The number of halogens is 4. The normalized spacial score (nSPS) is 17.2. The average molecular weight is 391 g/mol. The molecular weight excluding hydrogens is 370 g/mol. The second-order valence-electron chi connectivity index (χ2n) is 4.38.